The molecule has 144 valence electrons. The summed E-state index contributed by atoms with van der Waals surface area (Å²) in [5, 5.41) is 3.07. The number of carbonyl (C=O) groups is 3. The first-order chi connectivity index (χ1) is 13.1. The smallest absolute Gasteiger partial charge is 0.349 e. The van der Waals surface area contributed by atoms with Crippen molar-refractivity contribution >= 4 is 17.8 Å². The molecule has 0 saturated heterocycles. The minimum atomic E-state index is -0.617. The van der Waals surface area contributed by atoms with Crippen molar-refractivity contribution < 1.29 is 19.2 Å². The fourth-order valence-electron chi connectivity index (χ4n) is 2.73. The van der Waals surface area contributed by atoms with Gasteiger partial charge < -0.3 is 10.2 Å². The number of amides is 2. The summed E-state index contributed by atoms with van der Waals surface area (Å²) >= 11 is 0. The van der Waals surface area contributed by atoms with Gasteiger partial charge in [0.25, 0.3) is 5.91 Å². The van der Waals surface area contributed by atoms with Gasteiger partial charge in [-0.1, -0.05) is 42.5 Å². The van der Waals surface area contributed by atoms with E-state index in [-0.39, 0.29) is 24.3 Å². The second-order valence-corrected chi connectivity index (χ2v) is 6.47. The molecule has 2 rings (SSSR count). The lowest BCUT2D eigenvalue weighted by atomic mass is 9.96. The van der Waals surface area contributed by atoms with E-state index >= 15 is 0 Å². The molecule has 6 nitrogen and oxygen atoms in total. The Labute approximate surface area is 159 Å². The minimum absolute atomic E-state index is 0.0214. The largest absolute Gasteiger partial charge is 0.355 e. The molecule has 0 radical (unpaired) electrons. The summed E-state index contributed by atoms with van der Waals surface area (Å²) in [6.45, 7) is 1.68. The van der Waals surface area contributed by atoms with Crippen LogP contribution in [0.3, 0.4) is 0 Å². The van der Waals surface area contributed by atoms with E-state index in [1.54, 1.807) is 6.92 Å². The summed E-state index contributed by atoms with van der Waals surface area (Å²) in [5.41, 5.74) is 4.10. The molecule has 2 N–H and O–H groups in total. The quantitative estimate of drug-likeness (QED) is 0.517. The molecule has 0 fully saturated rings. The molecular formula is C21H26N2O4. The molecule has 0 bridgehead atoms. The number of hydrogen-bond donors (Lipinski definition) is 2. The van der Waals surface area contributed by atoms with E-state index in [0.29, 0.717) is 19.3 Å². The van der Waals surface area contributed by atoms with Crippen LogP contribution in [0.15, 0.2) is 54.1 Å². The molecule has 1 aromatic rings. The molecule has 6 heteroatoms. The molecule has 1 aliphatic rings. The van der Waals surface area contributed by atoms with Gasteiger partial charge in [-0.25, -0.2) is 4.79 Å². The fraction of sp³-hybridized carbons (Fsp3) is 0.381. The molecule has 0 aliphatic heterocycles. The Kier molecular flexibility index (Phi) is 8.29. The summed E-state index contributed by atoms with van der Waals surface area (Å²) in [4.78, 5) is 39.8. The van der Waals surface area contributed by atoms with Crippen molar-refractivity contribution in [2.24, 2.45) is 0 Å². The highest BCUT2D eigenvalue weighted by atomic mass is 16.7. The molecule has 0 heterocycles. The molecule has 1 unspecified atom stereocenters. The molecule has 27 heavy (non-hydrogen) atoms. The highest BCUT2D eigenvalue weighted by Gasteiger charge is 2.19. The van der Waals surface area contributed by atoms with E-state index in [1.807, 2.05) is 36.4 Å². The molecule has 2 amide bonds. The number of hydrogen-bond acceptors (Lipinski definition) is 4. The average Bonchev–Trinajstić information content (AvgIpc) is 2.59. The van der Waals surface area contributed by atoms with Gasteiger partial charge in [0.2, 0.25) is 5.91 Å². The lowest BCUT2D eigenvalue weighted by molar-refractivity contribution is -0.153. The Morgan fingerprint density at radius 3 is 2.59 bits per heavy atom. The predicted octanol–water partition coefficient (Wildman–Crippen LogP) is 2.75. The number of rotatable bonds is 9. The zero-order chi connectivity index (χ0) is 19.5. The van der Waals surface area contributed by atoms with Gasteiger partial charge in [0.15, 0.2) is 0 Å². The van der Waals surface area contributed by atoms with E-state index in [2.05, 4.69) is 15.6 Å². The number of carbonyl (C=O) groups excluding carboxylic acids is 3. The lowest BCUT2D eigenvalue weighted by Crippen LogP contribution is -2.38. The van der Waals surface area contributed by atoms with Crippen LogP contribution in [0.25, 0.3) is 0 Å². The monoisotopic (exact) mass is 370 g/mol. The van der Waals surface area contributed by atoms with Gasteiger partial charge in [-0.2, -0.15) is 5.48 Å². The number of hydroxylamine groups is 1. The Morgan fingerprint density at radius 2 is 1.96 bits per heavy atom. The zero-order valence-electron chi connectivity index (χ0n) is 15.6. The molecule has 1 aromatic carbocycles. The highest BCUT2D eigenvalue weighted by Crippen LogP contribution is 2.18. The maximum atomic E-state index is 12.2. The highest BCUT2D eigenvalue weighted by molar-refractivity contribution is 5.94. The van der Waals surface area contributed by atoms with Gasteiger partial charge in [-0.05, 0) is 44.6 Å². The van der Waals surface area contributed by atoms with Crippen LogP contribution < -0.4 is 10.8 Å². The van der Waals surface area contributed by atoms with Gasteiger partial charge in [0.05, 0.1) is 0 Å². The maximum Gasteiger partial charge on any atom is 0.355 e. The number of allylic oxidation sites excluding steroid dienone is 2. The van der Waals surface area contributed by atoms with E-state index in [9.17, 15) is 14.4 Å². The van der Waals surface area contributed by atoms with Crippen LogP contribution in [-0.4, -0.2) is 23.8 Å². The van der Waals surface area contributed by atoms with Gasteiger partial charge >= 0.3 is 5.97 Å². The summed E-state index contributed by atoms with van der Waals surface area (Å²) < 4.78 is 0. The molecule has 1 atom stereocenters. The third kappa shape index (κ3) is 7.48. The van der Waals surface area contributed by atoms with Crippen LogP contribution in [0, 0.1) is 0 Å². The van der Waals surface area contributed by atoms with Crippen LogP contribution in [0.4, 0.5) is 0 Å². The van der Waals surface area contributed by atoms with Crippen molar-refractivity contribution in [1.29, 1.82) is 0 Å². The summed E-state index contributed by atoms with van der Waals surface area (Å²) in [7, 11) is 0. The molecular weight excluding hydrogens is 344 g/mol. The minimum Gasteiger partial charge on any atom is -0.349 e. The number of nitrogens with one attached hydrogen (secondary N) is 2. The van der Waals surface area contributed by atoms with Crippen LogP contribution in [0.1, 0.15) is 44.6 Å². The number of benzene rings is 1. The zero-order valence-corrected chi connectivity index (χ0v) is 15.6. The topological polar surface area (TPSA) is 84.5 Å². The normalized spacial score (nSPS) is 14.0. The van der Waals surface area contributed by atoms with Crippen LogP contribution in [-0.2, 0) is 25.6 Å². The molecule has 0 spiro atoms. The lowest BCUT2D eigenvalue weighted by Gasteiger charge is -2.22. The third-order valence-electron chi connectivity index (χ3n) is 4.28. The Morgan fingerprint density at radius 1 is 1.22 bits per heavy atom. The average molecular weight is 370 g/mol. The first kappa shape index (κ1) is 20.4. The van der Waals surface area contributed by atoms with Gasteiger partial charge in [-0.3, -0.25) is 9.59 Å². The SMILES string of the molecule is CC=CC(=O)ONC(=O)CCCC(Cc1ccccc1)NC(=O)C1=CCC1. The van der Waals surface area contributed by atoms with E-state index in [1.165, 1.54) is 12.2 Å². The van der Waals surface area contributed by atoms with Crippen molar-refractivity contribution in [2.75, 3.05) is 0 Å². The first-order valence-electron chi connectivity index (χ1n) is 9.24. The summed E-state index contributed by atoms with van der Waals surface area (Å²) in [6, 6.07) is 9.88. The molecule has 1 aliphatic carbocycles. The summed E-state index contributed by atoms with van der Waals surface area (Å²) in [6.07, 6.45) is 8.63. The van der Waals surface area contributed by atoms with Crippen molar-refractivity contribution in [3.05, 3.63) is 59.7 Å². The van der Waals surface area contributed by atoms with Crippen molar-refractivity contribution in [3.63, 3.8) is 0 Å². The van der Waals surface area contributed by atoms with E-state index in [0.717, 1.165) is 24.0 Å². The van der Waals surface area contributed by atoms with Crippen molar-refractivity contribution in [2.45, 2.75) is 51.5 Å². The first-order valence-corrected chi connectivity index (χ1v) is 9.24. The Bertz CT molecular complexity index is 710. The van der Waals surface area contributed by atoms with Crippen molar-refractivity contribution in [1.82, 2.24) is 10.8 Å². The maximum absolute atomic E-state index is 12.2. The summed E-state index contributed by atoms with van der Waals surface area (Å²) in [5.74, 6) is -1.000. The third-order valence-corrected chi connectivity index (χ3v) is 4.28. The van der Waals surface area contributed by atoms with Crippen LogP contribution in [0.2, 0.25) is 0 Å². The van der Waals surface area contributed by atoms with Gasteiger partial charge in [0.1, 0.15) is 0 Å². The molecule has 0 aromatic heterocycles. The Hall–Kier alpha value is -2.89. The second kappa shape index (κ2) is 11.0. The van der Waals surface area contributed by atoms with Gasteiger partial charge in [0, 0.05) is 24.1 Å². The van der Waals surface area contributed by atoms with Crippen LogP contribution >= 0.6 is 0 Å². The van der Waals surface area contributed by atoms with Crippen molar-refractivity contribution in [3.8, 4) is 0 Å². The molecule has 0 saturated carbocycles. The van der Waals surface area contributed by atoms with Gasteiger partial charge in [-0.15, -0.1) is 0 Å². The predicted molar refractivity (Wildman–Crippen MR) is 102 cm³/mol. The standard InChI is InChI=1S/C21H26N2O4/c1-2-8-20(25)27-23-19(24)14-7-13-18(15-16-9-4-3-5-10-16)22-21(26)17-11-6-12-17/h2-5,8-11,18H,6-7,12-15H2,1H3,(H,22,26)(H,23,24). The van der Waals surface area contributed by atoms with E-state index < -0.39 is 5.97 Å². The fourth-order valence-corrected chi connectivity index (χ4v) is 2.73. The second-order valence-electron chi connectivity index (χ2n) is 6.47. The Balaban J connectivity index is 1.81. The van der Waals surface area contributed by atoms with E-state index in [4.69, 9.17) is 0 Å². The van der Waals surface area contributed by atoms with Crippen LogP contribution in [0.5, 0.6) is 0 Å².